The Morgan fingerprint density at radius 2 is 0.733 bits per heavy atom. The van der Waals surface area contributed by atoms with Gasteiger partial charge in [-0.1, -0.05) is 97.8 Å². The van der Waals surface area contributed by atoms with Gasteiger partial charge in [-0.25, -0.2) is 0 Å². The molecular formula is C27H58ClNO. The summed E-state index contributed by atoms with van der Waals surface area (Å²) in [5.41, 5.74) is 0. The predicted octanol–water partition coefficient (Wildman–Crippen LogP) is 5.54. The number of nitrogens with zero attached hydrogens (tertiary/aromatic N) is 1. The van der Waals surface area contributed by atoms with E-state index in [0.717, 1.165) is 6.61 Å². The van der Waals surface area contributed by atoms with Crippen LogP contribution in [0.3, 0.4) is 0 Å². The highest BCUT2D eigenvalue weighted by atomic mass is 35.5. The first kappa shape index (κ1) is 32.4. The van der Waals surface area contributed by atoms with Gasteiger partial charge in [-0.3, -0.25) is 0 Å². The number of quaternary nitrogens is 1. The highest BCUT2D eigenvalue weighted by Gasteiger charge is 2.25. The summed E-state index contributed by atoms with van der Waals surface area (Å²) >= 11 is 0. The number of ether oxygens (including phenoxy) is 1. The summed E-state index contributed by atoms with van der Waals surface area (Å²) in [5, 5.41) is 0. The lowest BCUT2D eigenvalue weighted by Crippen LogP contribution is -3.00. The fraction of sp³-hybridized carbons (Fsp3) is 1.00. The van der Waals surface area contributed by atoms with E-state index in [9.17, 15) is 0 Å². The van der Waals surface area contributed by atoms with Crippen LogP contribution in [0, 0.1) is 0 Å². The molecule has 0 aromatic carbocycles. The molecule has 184 valence electrons. The Morgan fingerprint density at radius 1 is 0.433 bits per heavy atom. The maximum absolute atomic E-state index is 5.56. The van der Waals surface area contributed by atoms with E-state index in [2.05, 4.69) is 20.8 Å². The fourth-order valence-corrected chi connectivity index (χ4v) is 4.64. The van der Waals surface area contributed by atoms with Crippen molar-refractivity contribution in [2.45, 2.75) is 136 Å². The number of halogens is 1. The molecule has 0 unspecified atom stereocenters. The van der Waals surface area contributed by atoms with Crippen molar-refractivity contribution in [3.05, 3.63) is 0 Å². The maximum Gasteiger partial charge on any atom is 0.102 e. The second kappa shape index (κ2) is 25.5. The molecule has 0 aliphatic rings. The van der Waals surface area contributed by atoms with Crippen molar-refractivity contribution < 1.29 is 21.6 Å². The molecule has 0 heterocycles. The highest BCUT2D eigenvalue weighted by molar-refractivity contribution is 4.53. The minimum atomic E-state index is 0. The third-order valence-corrected chi connectivity index (χ3v) is 6.73. The van der Waals surface area contributed by atoms with Gasteiger partial charge in [-0.05, 0) is 38.5 Å². The monoisotopic (exact) mass is 447 g/mol. The summed E-state index contributed by atoms with van der Waals surface area (Å²) in [6.45, 7) is 13.3. The van der Waals surface area contributed by atoms with Crippen LogP contribution in [0.2, 0.25) is 0 Å². The van der Waals surface area contributed by atoms with Crippen molar-refractivity contribution in [2.24, 2.45) is 0 Å². The normalized spacial score (nSPS) is 11.6. The molecule has 0 saturated carbocycles. The molecule has 2 nitrogen and oxygen atoms in total. The lowest BCUT2D eigenvalue weighted by atomic mass is 10.1. The molecule has 0 aromatic rings. The maximum atomic E-state index is 5.56. The SMILES string of the molecule is CCCCCCCC[N+](CCCCCCCC)(CCCCCCCC)CCOC.[Cl-]. The first-order valence-corrected chi connectivity index (χ1v) is 13.6. The molecule has 0 amide bonds. The van der Waals surface area contributed by atoms with Gasteiger partial charge >= 0.3 is 0 Å². The number of hydrogen-bond acceptors (Lipinski definition) is 1. The van der Waals surface area contributed by atoms with Crippen molar-refractivity contribution in [1.29, 1.82) is 0 Å². The molecule has 0 saturated heterocycles. The van der Waals surface area contributed by atoms with Crippen LogP contribution in [0.1, 0.15) is 136 Å². The zero-order valence-electron chi connectivity index (χ0n) is 21.5. The van der Waals surface area contributed by atoms with Gasteiger partial charge in [0.2, 0.25) is 0 Å². The average molecular weight is 448 g/mol. The summed E-state index contributed by atoms with van der Waals surface area (Å²) in [6, 6.07) is 0. The zero-order chi connectivity index (χ0) is 21.5. The van der Waals surface area contributed by atoms with Crippen molar-refractivity contribution in [3.8, 4) is 0 Å². The number of hydrogen-bond donors (Lipinski definition) is 0. The second-order valence-corrected chi connectivity index (χ2v) is 9.53. The third kappa shape index (κ3) is 20.1. The van der Waals surface area contributed by atoms with Gasteiger partial charge in [0.05, 0.1) is 26.2 Å². The smallest absolute Gasteiger partial charge is 0.102 e. The Balaban J connectivity index is 0. The predicted molar refractivity (Wildman–Crippen MR) is 132 cm³/mol. The Kier molecular flexibility index (Phi) is 27.5. The first-order valence-electron chi connectivity index (χ1n) is 13.6. The lowest BCUT2D eigenvalue weighted by molar-refractivity contribution is -0.929. The molecule has 0 aliphatic heterocycles. The Labute approximate surface area is 197 Å². The van der Waals surface area contributed by atoms with Gasteiger partial charge < -0.3 is 21.6 Å². The molecule has 0 fully saturated rings. The van der Waals surface area contributed by atoms with E-state index in [1.165, 1.54) is 146 Å². The molecule has 30 heavy (non-hydrogen) atoms. The van der Waals surface area contributed by atoms with Crippen LogP contribution in [-0.4, -0.2) is 44.4 Å². The third-order valence-electron chi connectivity index (χ3n) is 6.73. The Hall–Kier alpha value is 0.210. The van der Waals surface area contributed by atoms with Crippen LogP contribution in [0.25, 0.3) is 0 Å². The molecule has 0 bridgehead atoms. The molecule has 0 aromatic heterocycles. The average Bonchev–Trinajstić information content (AvgIpc) is 2.74. The van der Waals surface area contributed by atoms with Crippen LogP contribution >= 0.6 is 0 Å². The van der Waals surface area contributed by atoms with Crippen molar-refractivity contribution in [2.75, 3.05) is 39.9 Å². The first-order chi connectivity index (χ1) is 14.2. The Bertz CT molecular complexity index is 270. The van der Waals surface area contributed by atoms with Gasteiger partial charge in [0.15, 0.2) is 0 Å². The van der Waals surface area contributed by atoms with Gasteiger partial charge in [0.25, 0.3) is 0 Å². The quantitative estimate of drug-likeness (QED) is 0.139. The molecule has 0 radical (unpaired) electrons. The van der Waals surface area contributed by atoms with Crippen molar-refractivity contribution in [1.82, 2.24) is 0 Å². The van der Waals surface area contributed by atoms with E-state index >= 15 is 0 Å². The van der Waals surface area contributed by atoms with E-state index in [0.29, 0.717) is 0 Å². The number of unbranched alkanes of at least 4 members (excludes halogenated alkanes) is 15. The van der Waals surface area contributed by atoms with Crippen LogP contribution in [0.4, 0.5) is 0 Å². The number of methoxy groups -OCH3 is 1. The largest absolute Gasteiger partial charge is 1.00 e. The summed E-state index contributed by atoms with van der Waals surface area (Å²) < 4.78 is 6.90. The lowest BCUT2D eigenvalue weighted by Gasteiger charge is -2.39. The molecular weight excluding hydrogens is 390 g/mol. The van der Waals surface area contributed by atoms with Crippen LogP contribution in [-0.2, 0) is 4.74 Å². The van der Waals surface area contributed by atoms with E-state index < -0.39 is 0 Å². The van der Waals surface area contributed by atoms with Crippen LogP contribution < -0.4 is 12.4 Å². The second-order valence-electron chi connectivity index (χ2n) is 9.53. The highest BCUT2D eigenvalue weighted by Crippen LogP contribution is 2.18. The molecule has 0 N–H and O–H groups in total. The van der Waals surface area contributed by atoms with Gasteiger partial charge in [0, 0.05) is 7.11 Å². The summed E-state index contributed by atoms with van der Waals surface area (Å²) in [7, 11) is 1.88. The van der Waals surface area contributed by atoms with Crippen LogP contribution in [0.5, 0.6) is 0 Å². The topological polar surface area (TPSA) is 9.23 Å². The van der Waals surface area contributed by atoms with E-state index in [1.54, 1.807) is 0 Å². The zero-order valence-corrected chi connectivity index (χ0v) is 22.3. The molecule has 3 heteroatoms. The van der Waals surface area contributed by atoms with Gasteiger partial charge in [0.1, 0.15) is 6.54 Å². The van der Waals surface area contributed by atoms with Gasteiger partial charge in [-0.15, -0.1) is 0 Å². The van der Waals surface area contributed by atoms with Crippen molar-refractivity contribution >= 4 is 0 Å². The Morgan fingerprint density at radius 3 is 1.03 bits per heavy atom. The van der Waals surface area contributed by atoms with Crippen molar-refractivity contribution in [3.63, 3.8) is 0 Å². The molecule has 0 spiro atoms. The standard InChI is InChI=1S/C27H58NO.ClH/c1-5-8-11-14-17-20-23-28(26-27-29-4,24-21-18-15-12-9-6-2)25-22-19-16-13-10-7-3;/h5-27H2,1-4H3;1H/q+1;/p-1. The fourth-order valence-electron chi connectivity index (χ4n) is 4.64. The minimum absolute atomic E-state index is 0. The van der Waals surface area contributed by atoms with E-state index in [1.807, 2.05) is 7.11 Å². The number of rotatable bonds is 24. The molecule has 0 atom stereocenters. The summed E-state index contributed by atoms with van der Waals surface area (Å²) in [4.78, 5) is 0. The van der Waals surface area contributed by atoms with Gasteiger partial charge in [-0.2, -0.15) is 0 Å². The minimum Gasteiger partial charge on any atom is -1.00 e. The van der Waals surface area contributed by atoms with Crippen LogP contribution in [0.15, 0.2) is 0 Å². The molecule has 0 aliphatic carbocycles. The molecule has 0 rings (SSSR count). The van der Waals surface area contributed by atoms with E-state index in [4.69, 9.17) is 4.74 Å². The summed E-state index contributed by atoms with van der Waals surface area (Å²) in [5.74, 6) is 0. The van der Waals surface area contributed by atoms with E-state index in [-0.39, 0.29) is 12.4 Å². The summed E-state index contributed by atoms with van der Waals surface area (Å²) in [6.07, 6.45) is 25.5.